The van der Waals surface area contributed by atoms with Crippen LogP contribution in [0.4, 0.5) is 0 Å². The number of aromatic nitrogens is 2. The number of benzene rings is 1. The Kier molecular flexibility index (Phi) is 3.77. The quantitative estimate of drug-likeness (QED) is 0.852. The highest BCUT2D eigenvalue weighted by Gasteiger charge is 2.14. The molecule has 1 aromatic carbocycles. The van der Waals surface area contributed by atoms with E-state index in [1.54, 1.807) is 0 Å². The van der Waals surface area contributed by atoms with Crippen molar-refractivity contribution in [1.82, 2.24) is 9.97 Å². The summed E-state index contributed by atoms with van der Waals surface area (Å²) in [5.41, 5.74) is 3.41. The first-order valence-electron chi connectivity index (χ1n) is 6.16. The molecule has 1 aliphatic heterocycles. The molecule has 0 radical (unpaired) electrons. The number of aromatic amines is 1. The largest absolute Gasteiger partial charge is 0.376 e. The molecule has 2 aromatic rings. The summed E-state index contributed by atoms with van der Waals surface area (Å²) in [6, 6.07) is 8.16. The van der Waals surface area contributed by atoms with Crippen LogP contribution in [0.1, 0.15) is 22.6 Å². The van der Waals surface area contributed by atoms with Crippen molar-refractivity contribution in [3.05, 3.63) is 56.0 Å². The molecule has 2 heterocycles. The van der Waals surface area contributed by atoms with Gasteiger partial charge in [-0.15, -0.1) is 0 Å². The minimum atomic E-state index is 0.576. The Labute approximate surface area is 125 Å². The first-order chi connectivity index (χ1) is 9.24. The average Bonchev–Trinajstić information content (AvgIpc) is 2.42. The van der Waals surface area contributed by atoms with Gasteiger partial charge in [0.15, 0.2) is 0 Å². The second kappa shape index (κ2) is 5.53. The summed E-state index contributed by atoms with van der Waals surface area (Å²) in [5, 5.41) is 0. The van der Waals surface area contributed by atoms with Crippen molar-refractivity contribution in [3.63, 3.8) is 0 Å². The highest BCUT2D eigenvalue weighted by molar-refractivity contribution is 9.10. The Balaban J connectivity index is 1.96. The van der Waals surface area contributed by atoms with E-state index in [1.807, 2.05) is 18.2 Å². The van der Waals surface area contributed by atoms with Crippen LogP contribution < -0.4 is 0 Å². The summed E-state index contributed by atoms with van der Waals surface area (Å²) < 4.78 is 7.18. The third kappa shape index (κ3) is 2.78. The molecule has 0 saturated carbocycles. The molecular weight excluding hydrogens is 324 g/mol. The zero-order chi connectivity index (χ0) is 13.2. The zero-order valence-corrected chi connectivity index (χ0v) is 12.7. The molecule has 98 valence electrons. The lowest BCUT2D eigenvalue weighted by Crippen LogP contribution is -2.15. The van der Waals surface area contributed by atoms with E-state index in [0.717, 1.165) is 35.3 Å². The van der Waals surface area contributed by atoms with Crippen LogP contribution in [0.25, 0.3) is 0 Å². The van der Waals surface area contributed by atoms with E-state index in [1.165, 1.54) is 11.3 Å². The van der Waals surface area contributed by atoms with Gasteiger partial charge in [0, 0.05) is 28.6 Å². The van der Waals surface area contributed by atoms with Gasteiger partial charge in [-0.25, -0.2) is 4.98 Å². The molecule has 19 heavy (non-hydrogen) atoms. The molecule has 0 saturated heterocycles. The van der Waals surface area contributed by atoms with E-state index < -0.39 is 0 Å². The molecular formula is C14H13BrN2OS. The minimum Gasteiger partial charge on any atom is -0.376 e. The molecule has 5 heteroatoms. The lowest BCUT2D eigenvalue weighted by Gasteiger charge is -2.17. The van der Waals surface area contributed by atoms with E-state index in [0.29, 0.717) is 11.2 Å². The zero-order valence-electron chi connectivity index (χ0n) is 10.3. The maximum absolute atomic E-state index is 5.42. The lowest BCUT2D eigenvalue weighted by molar-refractivity contribution is 0.108. The van der Waals surface area contributed by atoms with Gasteiger partial charge in [0.1, 0.15) is 10.5 Å². The summed E-state index contributed by atoms with van der Waals surface area (Å²) in [5.74, 6) is 0.914. The van der Waals surface area contributed by atoms with Crippen molar-refractivity contribution in [1.29, 1.82) is 0 Å². The fraction of sp³-hybridized carbons (Fsp3) is 0.286. The number of rotatable bonds is 2. The van der Waals surface area contributed by atoms with Crippen molar-refractivity contribution >= 4 is 28.1 Å². The van der Waals surface area contributed by atoms with Crippen LogP contribution in [0.2, 0.25) is 0 Å². The monoisotopic (exact) mass is 336 g/mol. The first kappa shape index (κ1) is 13.0. The Bertz CT molecular complexity index is 669. The number of nitrogens with one attached hydrogen (secondary N) is 1. The third-order valence-electron chi connectivity index (χ3n) is 3.21. The number of nitrogens with zero attached hydrogens (tertiary/aromatic N) is 1. The summed E-state index contributed by atoms with van der Waals surface area (Å²) >= 11 is 8.91. The molecule has 0 atom stereocenters. The predicted octanol–water partition coefficient (Wildman–Crippen LogP) is 3.57. The van der Waals surface area contributed by atoms with Gasteiger partial charge in [-0.2, -0.15) is 0 Å². The summed E-state index contributed by atoms with van der Waals surface area (Å²) in [4.78, 5) is 7.88. The second-order valence-electron chi connectivity index (χ2n) is 4.52. The number of ether oxygens (including phenoxy) is 1. The third-order valence-corrected chi connectivity index (χ3v) is 4.32. The van der Waals surface area contributed by atoms with Crippen LogP contribution in [0.3, 0.4) is 0 Å². The Hall–Kier alpha value is -1.04. The summed E-state index contributed by atoms with van der Waals surface area (Å²) in [7, 11) is 0. The van der Waals surface area contributed by atoms with Gasteiger partial charge < -0.3 is 9.72 Å². The van der Waals surface area contributed by atoms with Gasteiger partial charge in [-0.3, -0.25) is 0 Å². The van der Waals surface area contributed by atoms with Crippen molar-refractivity contribution in [3.8, 4) is 0 Å². The average molecular weight is 337 g/mol. The topological polar surface area (TPSA) is 37.9 Å². The second-order valence-corrected chi connectivity index (χ2v) is 5.76. The molecule has 1 N–H and O–H groups in total. The number of hydrogen-bond donors (Lipinski definition) is 1. The van der Waals surface area contributed by atoms with E-state index >= 15 is 0 Å². The summed E-state index contributed by atoms with van der Waals surface area (Å²) in [6.07, 6.45) is 1.63. The smallest absolute Gasteiger partial charge is 0.135 e. The van der Waals surface area contributed by atoms with Crippen LogP contribution in [0.5, 0.6) is 0 Å². The molecule has 1 aliphatic rings. The van der Waals surface area contributed by atoms with Crippen molar-refractivity contribution in [2.24, 2.45) is 0 Å². The number of hydrogen-bond acceptors (Lipinski definition) is 3. The molecule has 0 bridgehead atoms. The molecule has 3 rings (SSSR count). The van der Waals surface area contributed by atoms with E-state index in [-0.39, 0.29) is 0 Å². The van der Waals surface area contributed by atoms with E-state index in [2.05, 4.69) is 32.0 Å². The SMILES string of the molecule is S=c1nc(Cc2ccccc2Br)[nH]c2c1COCC2. The molecule has 0 aliphatic carbocycles. The normalized spacial score (nSPS) is 14.2. The maximum Gasteiger partial charge on any atom is 0.135 e. The van der Waals surface area contributed by atoms with Crippen LogP contribution >= 0.6 is 28.1 Å². The van der Waals surface area contributed by atoms with Crippen LogP contribution in [-0.4, -0.2) is 16.6 Å². The van der Waals surface area contributed by atoms with Gasteiger partial charge in [-0.05, 0) is 11.6 Å². The fourth-order valence-corrected chi connectivity index (χ4v) is 2.93. The van der Waals surface area contributed by atoms with Crippen molar-refractivity contribution in [2.45, 2.75) is 19.4 Å². The number of fused-ring (bicyclic) bond motifs is 1. The summed E-state index contributed by atoms with van der Waals surface area (Å²) in [6.45, 7) is 1.32. The molecule has 0 spiro atoms. The Morgan fingerprint density at radius 1 is 1.37 bits per heavy atom. The fourth-order valence-electron chi connectivity index (χ4n) is 2.21. The van der Waals surface area contributed by atoms with Crippen molar-refractivity contribution < 1.29 is 4.74 Å². The highest BCUT2D eigenvalue weighted by atomic mass is 79.9. The Morgan fingerprint density at radius 3 is 3.05 bits per heavy atom. The van der Waals surface area contributed by atoms with E-state index in [9.17, 15) is 0 Å². The highest BCUT2D eigenvalue weighted by Crippen LogP contribution is 2.20. The standard InChI is InChI=1S/C14H13BrN2OS/c15-11-4-2-1-3-9(11)7-13-16-12-5-6-18-8-10(12)14(19)17-13/h1-4H,5-8H2,(H,16,17,19). The van der Waals surface area contributed by atoms with Gasteiger partial charge in [-0.1, -0.05) is 46.3 Å². The van der Waals surface area contributed by atoms with Crippen LogP contribution in [0, 0.1) is 4.64 Å². The molecule has 1 aromatic heterocycles. The molecule has 0 fully saturated rings. The molecule has 3 nitrogen and oxygen atoms in total. The van der Waals surface area contributed by atoms with Gasteiger partial charge >= 0.3 is 0 Å². The number of H-pyrrole nitrogens is 1. The van der Waals surface area contributed by atoms with Crippen LogP contribution in [-0.2, 0) is 24.2 Å². The van der Waals surface area contributed by atoms with Crippen molar-refractivity contribution in [2.75, 3.05) is 6.61 Å². The predicted molar refractivity (Wildman–Crippen MR) is 79.7 cm³/mol. The van der Waals surface area contributed by atoms with E-state index in [4.69, 9.17) is 17.0 Å². The number of halogens is 1. The van der Waals surface area contributed by atoms with Crippen LogP contribution in [0.15, 0.2) is 28.7 Å². The van der Waals surface area contributed by atoms with Gasteiger partial charge in [0.25, 0.3) is 0 Å². The lowest BCUT2D eigenvalue weighted by atomic mass is 10.1. The Morgan fingerprint density at radius 2 is 2.21 bits per heavy atom. The first-order valence-corrected chi connectivity index (χ1v) is 7.36. The molecule has 0 amide bonds. The van der Waals surface area contributed by atoms with Gasteiger partial charge in [0.05, 0.1) is 13.2 Å². The molecule has 0 unspecified atom stereocenters. The maximum atomic E-state index is 5.42. The van der Waals surface area contributed by atoms with Gasteiger partial charge in [0.2, 0.25) is 0 Å². The minimum absolute atomic E-state index is 0.576.